The normalized spacial score (nSPS) is 15.5. The van der Waals surface area contributed by atoms with Crippen LogP contribution in [0, 0.1) is 10.1 Å². The molecule has 1 aliphatic rings. The number of nitro groups is 1. The third kappa shape index (κ3) is 4.76. The van der Waals surface area contributed by atoms with Gasteiger partial charge in [0.05, 0.1) is 22.2 Å². The number of allylic oxidation sites excluding steroid dienone is 1. The van der Waals surface area contributed by atoms with E-state index in [4.69, 9.17) is 0 Å². The van der Waals surface area contributed by atoms with Crippen molar-refractivity contribution in [2.45, 2.75) is 45.8 Å². The lowest BCUT2D eigenvalue weighted by atomic mass is 9.88. The second-order valence-electron chi connectivity index (χ2n) is 8.27. The highest BCUT2D eigenvalue weighted by molar-refractivity contribution is 5.88. The number of hydrogen-bond acceptors (Lipinski definition) is 5. The number of rotatable bonds is 6. The Labute approximate surface area is 184 Å². The summed E-state index contributed by atoms with van der Waals surface area (Å²) in [7, 11) is 0. The Morgan fingerprint density at radius 3 is 2.56 bits per heavy atom. The number of nitrogens with zero attached hydrogens (tertiary/aromatic N) is 3. The van der Waals surface area contributed by atoms with E-state index in [2.05, 4.69) is 49.2 Å². The van der Waals surface area contributed by atoms with Gasteiger partial charge in [-0.2, -0.15) is 18.3 Å². The molecule has 0 unspecified atom stereocenters. The number of nitrogens with one attached hydrogen (secondary N) is 1. The van der Waals surface area contributed by atoms with Gasteiger partial charge in [0.25, 0.3) is 5.69 Å². The molecule has 6 nitrogen and oxygen atoms in total. The van der Waals surface area contributed by atoms with E-state index in [9.17, 15) is 23.3 Å². The summed E-state index contributed by atoms with van der Waals surface area (Å²) in [5.41, 5.74) is 4.57. The second-order valence-corrected chi connectivity index (χ2v) is 8.27. The number of halogens is 3. The molecule has 32 heavy (non-hydrogen) atoms. The smallest absolute Gasteiger partial charge is 0.362 e. The largest absolute Gasteiger partial charge is 0.416 e. The molecule has 0 radical (unpaired) electrons. The first-order chi connectivity index (χ1) is 14.9. The molecule has 1 aliphatic heterocycles. The molecule has 2 aromatic carbocycles. The summed E-state index contributed by atoms with van der Waals surface area (Å²) < 4.78 is 38.5. The number of hydrazone groups is 1. The van der Waals surface area contributed by atoms with Crippen LogP contribution in [0.1, 0.15) is 50.8 Å². The predicted molar refractivity (Wildman–Crippen MR) is 121 cm³/mol. The lowest BCUT2D eigenvalue weighted by molar-refractivity contribution is -0.384. The summed E-state index contributed by atoms with van der Waals surface area (Å²) in [5.74, 6) is 0. The molecule has 2 aromatic rings. The molecular formula is C23H25F3N4O2. The Morgan fingerprint density at radius 2 is 1.94 bits per heavy atom. The summed E-state index contributed by atoms with van der Waals surface area (Å²) in [6.07, 6.45) is 0.0463. The Morgan fingerprint density at radius 1 is 1.22 bits per heavy atom. The van der Waals surface area contributed by atoms with Crippen molar-refractivity contribution in [2.24, 2.45) is 5.10 Å². The molecule has 3 rings (SSSR count). The van der Waals surface area contributed by atoms with Gasteiger partial charge in [0.1, 0.15) is 5.69 Å². The molecule has 1 N–H and O–H groups in total. The van der Waals surface area contributed by atoms with Gasteiger partial charge in [0.2, 0.25) is 0 Å². The third-order valence-electron chi connectivity index (χ3n) is 5.37. The minimum absolute atomic E-state index is 0.105. The van der Waals surface area contributed by atoms with E-state index in [0.717, 1.165) is 47.5 Å². The molecule has 0 saturated heterocycles. The molecule has 0 atom stereocenters. The van der Waals surface area contributed by atoms with Crippen LogP contribution in [0.25, 0.3) is 5.57 Å². The highest BCUT2D eigenvalue weighted by Gasteiger charge is 2.33. The van der Waals surface area contributed by atoms with Crippen molar-refractivity contribution in [1.82, 2.24) is 0 Å². The lowest BCUT2D eigenvalue weighted by Crippen LogP contribution is -2.45. The number of nitro benzene ring substituents is 1. The lowest BCUT2D eigenvalue weighted by Gasteiger charge is -2.43. The Balaban J connectivity index is 1.86. The highest BCUT2D eigenvalue weighted by Crippen LogP contribution is 2.39. The van der Waals surface area contributed by atoms with Crippen molar-refractivity contribution < 1.29 is 18.1 Å². The number of hydrogen-bond donors (Lipinski definition) is 1. The fourth-order valence-corrected chi connectivity index (χ4v) is 3.94. The van der Waals surface area contributed by atoms with Crippen LogP contribution in [0.2, 0.25) is 0 Å². The highest BCUT2D eigenvalue weighted by atomic mass is 19.4. The SMILES string of the molecule is CCCN1c2ccc(/C=N/Nc3ccc(C(F)(F)F)cc3[N+](=O)[O-])cc2C(C)=CC1(C)C. The maximum atomic E-state index is 12.8. The van der Waals surface area contributed by atoms with Gasteiger partial charge in [0, 0.05) is 23.9 Å². The van der Waals surface area contributed by atoms with E-state index in [1.54, 1.807) is 0 Å². The van der Waals surface area contributed by atoms with Gasteiger partial charge >= 0.3 is 6.18 Å². The monoisotopic (exact) mass is 446 g/mol. The number of anilines is 2. The first-order valence-electron chi connectivity index (χ1n) is 10.2. The molecular weight excluding hydrogens is 421 g/mol. The molecule has 0 bridgehead atoms. The van der Waals surface area contributed by atoms with Gasteiger partial charge in [-0.1, -0.05) is 19.1 Å². The van der Waals surface area contributed by atoms with Crippen molar-refractivity contribution in [3.05, 3.63) is 69.3 Å². The van der Waals surface area contributed by atoms with E-state index in [1.165, 1.54) is 6.21 Å². The van der Waals surface area contributed by atoms with Crippen LogP contribution < -0.4 is 10.3 Å². The van der Waals surface area contributed by atoms with E-state index >= 15 is 0 Å². The van der Waals surface area contributed by atoms with Gasteiger partial charge in [-0.25, -0.2) is 0 Å². The fourth-order valence-electron chi connectivity index (χ4n) is 3.94. The number of fused-ring (bicyclic) bond motifs is 1. The summed E-state index contributed by atoms with van der Waals surface area (Å²) in [6, 6.07) is 8.17. The minimum Gasteiger partial charge on any atom is -0.362 e. The molecule has 9 heteroatoms. The number of benzene rings is 2. The van der Waals surface area contributed by atoms with Gasteiger partial charge in [0.15, 0.2) is 0 Å². The average molecular weight is 446 g/mol. The Bertz CT molecular complexity index is 1090. The first kappa shape index (κ1) is 23.3. The van der Waals surface area contributed by atoms with E-state index in [1.807, 2.05) is 18.2 Å². The quantitative estimate of drug-likeness (QED) is 0.314. The minimum atomic E-state index is -4.67. The zero-order valence-electron chi connectivity index (χ0n) is 18.3. The zero-order valence-corrected chi connectivity index (χ0v) is 18.3. The second kappa shape index (κ2) is 8.64. The standard InChI is InChI=1S/C23H25F3N4O2/c1-5-10-29-20-9-6-16(11-18(20)15(2)13-22(29,3)4)14-27-28-19-8-7-17(23(24,25)26)12-21(19)30(31)32/h6-9,11-14,28H,5,10H2,1-4H3/b27-14+. The van der Waals surface area contributed by atoms with E-state index in [0.29, 0.717) is 6.07 Å². The van der Waals surface area contributed by atoms with Crippen LogP contribution in [0.15, 0.2) is 47.6 Å². The van der Waals surface area contributed by atoms with Crippen LogP contribution in [0.5, 0.6) is 0 Å². The summed E-state index contributed by atoms with van der Waals surface area (Å²) in [6.45, 7) is 9.44. The topological polar surface area (TPSA) is 70.8 Å². The summed E-state index contributed by atoms with van der Waals surface area (Å²) in [4.78, 5) is 12.7. The van der Waals surface area contributed by atoms with E-state index in [-0.39, 0.29) is 11.2 Å². The van der Waals surface area contributed by atoms with Gasteiger partial charge in [-0.3, -0.25) is 15.5 Å². The molecule has 0 saturated carbocycles. The predicted octanol–water partition coefficient (Wildman–Crippen LogP) is 6.47. The molecule has 0 amide bonds. The first-order valence-corrected chi connectivity index (χ1v) is 10.2. The van der Waals surface area contributed by atoms with Crippen LogP contribution in [-0.4, -0.2) is 23.2 Å². The average Bonchev–Trinajstić information content (AvgIpc) is 2.70. The Kier molecular flexibility index (Phi) is 6.29. The molecule has 0 aromatic heterocycles. The van der Waals surface area contributed by atoms with Crippen LogP contribution in [0.4, 0.5) is 30.2 Å². The molecule has 0 spiro atoms. The van der Waals surface area contributed by atoms with Crippen molar-refractivity contribution in [3.8, 4) is 0 Å². The van der Waals surface area contributed by atoms with Crippen LogP contribution >= 0.6 is 0 Å². The van der Waals surface area contributed by atoms with Crippen molar-refractivity contribution in [2.75, 3.05) is 16.9 Å². The Hall–Kier alpha value is -3.36. The molecule has 170 valence electrons. The third-order valence-corrected chi connectivity index (χ3v) is 5.37. The maximum absolute atomic E-state index is 12.8. The number of alkyl halides is 3. The summed E-state index contributed by atoms with van der Waals surface area (Å²) >= 11 is 0. The molecule has 0 aliphatic carbocycles. The molecule has 1 heterocycles. The van der Waals surface area contributed by atoms with Gasteiger partial charge in [-0.05, 0) is 62.6 Å². The van der Waals surface area contributed by atoms with Crippen LogP contribution in [0.3, 0.4) is 0 Å². The van der Waals surface area contributed by atoms with Crippen molar-refractivity contribution >= 4 is 28.8 Å². The van der Waals surface area contributed by atoms with Gasteiger partial charge < -0.3 is 4.90 Å². The van der Waals surface area contributed by atoms with Gasteiger partial charge in [-0.15, -0.1) is 0 Å². The maximum Gasteiger partial charge on any atom is 0.416 e. The van der Waals surface area contributed by atoms with E-state index < -0.39 is 22.4 Å². The van der Waals surface area contributed by atoms with Crippen molar-refractivity contribution in [1.29, 1.82) is 0 Å². The van der Waals surface area contributed by atoms with Crippen LogP contribution in [-0.2, 0) is 6.18 Å². The molecule has 0 fully saturated rings. The van der Waals surface area contributed by atoms with Crippen molar-refractivity contribution in [3.63, 3.8) is 0 Å². The fraction of sp³-hybridized carbons (Fsp3) is 0.348. The summed E-state index contributed by atoms with van der Waals surface area (Å²) in [5, 5.41) is 15.2. The zero-order chi connectivity index (χ0) is 23.7.